The average molecular weight is 265 g/mol. The van der Waals surface area contributed by atoms with Crippen molar-refractivity contribution >= 4 is 0 Å². The van der Waals surface area contributed by atoms with Crippen LogP contribution in [-0.4, -0.2) is 36.2 Å². The van der Waals surface area contributed by atoms with E-state index < -0.39 is 6.10 Å². The van der Waals surface area contributed by atoms with Gasteiger partial charge in [0.2, 0.25) is 6.79 Å². The van der Waals surface area contributed by atoms with Gasteiger partial charge in [-0.3, -0.25) is 0 Å². The van der Waals surface area contributed by atoms with Crippen molar-refractivity contribution in [3.05, 3.63) is 23.8 Å². The molecule has 1 unspecified atom stereocenters. The third kappa shape index (κ3) is 2.83. The zero-order valence-electron chi connectivity index (χ0n) is 10.7. The average Bonchev–Trinajstić information content (AvgIpc) is 2.83. The highest BCUT2D eigenvalue weighted by Gasteiger charge is 2.26. The summed E-state index contributed by atoms with van der Waals surface area (Å²) >= 11 is 0. The van der Waals surface area contributed by atoms with Gasteiger partial charge < -0.3 is 25.0 Å². The minimum absolute atomic E-state index is 0.120. The highest BCUT2D eigenvalue weighted by molar-refractivity contribution is 5.45. The van der Waals surface area contributed by atoms with Crippen LogP contribution in [0.25, 0.3) is 0 Å². The number of hydrogen-bond donors (Lipinski definition) is 3. The molecule has 1 aliphatic carbocycles. The second kappa shape index (κ2) is 5.36. The lowest BCUT2D eigenvalue weighted by molar-refractivity contribution is 0.0415. The maximum absolute atomic E-state index is 10.1. The van der Waals surface area contributed by atoms with Crippen LogP contribution >= 0.6 is 0 Å². The molecule has 3 rings (SSSR count). The highest BCUT2D eigenvalue weighted by Crippen LogP contribution is 2.34. The van der Waals surface area contributed by atoms with Crippen molar-refractivity contribution in [2.45, 2.75) is 25.0 Å². The number of nitrogens with one attached hydrogen (secondary N) is 1. The third-order valence-electron chi connectivity index (χ3n) is 3.76. The fraction of sp³-hybridized carbons (Fsp3) is 0.571. The third-order valence-corrected chi connectivity index (χ3v) is 3.76. The van der Waals surface area contributed by atoms with Crippen LogP contribution in [0, 0.1) is 5.92 Å². The molecule has 104 valence electrons. The summed E-state index contributed by atoms with van der Waals surface area (Å²) in [6, 6.07) is 5.50. The van der Waals surface area contributed by atoms with E-state index in [4.69, 9.17) is 9.47 Å². The summed E-state index contributed by atoms with van der Waals surface area (Å²) < 4.78 is 10.5. The molecule has 19 heavy (non-hydrogen) atoms. The maximum atomic E-state index is 10.1. The summed E-state index contributed by atoms with van der Waals surface area (Å²) in [6.45, 7) is 1.60. The molecule has 0 radical (unpaired) electrons. The van der Waals surface area contributed by atoms with Crippen LogP contribution in [0.3, 0.4) is 0 Å². The lowest BCUT2D eigenvalue weighted by atomic mass is 9.82. The van der Waals surface area contributed by atoms with Crippen molar-refractivity contribution in [2.75, 3.05) is 19.9 Å². The summed E-state index contributed by atoms with van der Waals surface area (Å²) in [5.74, 6) is 1.96. The minimum Gasteiger partial charge on any atom is -0.454 e. The first-order chi connectivity index (χ1) is 9.22. The van der Waals surface area contributed by atoms with Crippen LogP contribution in [0.5, 0.6) is 11.5 Å². The van der Waals surface area contributed by atoms with Crippen molar-refractivity contribution in [1.82, 2.24) is 5.32 Å². The zero-order chi connectivity index (χ0) is 13.2. The van der Waals surface area contributed by atoms with Crippen LogP contribution in [-0.2, 0) is 0 Å². The quantitative estimate of drug-likeness (QED) is 0.735. The number of fused-ring (bicyclic) bond motifs is 1. The Morgan fingerprint density at radius 2 is 2.05 bits per heavy atom. The van der Waals surface area contributed by atoms with Gasteiger partial charge in [0.15, 0.2) is 11.5 Å². The summed E-state index contributed by atoms with van der Waals surface area (Å²) in [4.78, 5) is 0. The molecule has 1 fully saturated rings. The van der Waals surface area contributed by atoms with Gasteiger partial charge in [0.05, 0.1) is 12.2 Å². The van der Waals surface area contributed by atoms with E-state index in [1.165, 1.54) is 0 Å². The number of hydrogen-bond acceptors (Lipinski definition) is 5. The summed E-state index contributed by atoms with van der Waals surface area (Å²) in [7, 11) is 0. The van der Waals surface area contributed by atoms with E-state index in [1.807, 2.05) is 18.2 Å². The predicted molar refractivity (Wildman–Crippen MR) is 69.1 cm³/mol. The van der Waals surface area contributed by atoms with Crippen LogP contribution in [0.15, 0.2) is 18.2 Å². The largest absolute Gasteiger partial charge is 0.454 e. The Balaban J connectivity index is 1.48. The molecule has 1 aromatic carbocycles. The van der Waals surface area contributed by atoms with Gasteiger partial charge in [-0.25, -0.2) is 0 Å². The summed E-state index contributed by atoms with van der Waals surface area (Å²) in [5.41, 5.74) is 0.824. The molecule has 1 atom stereocenters. The SMILES string of the molecule is OC1CC(CNCC(O)c2ccc3c(c2)OCO3)C1. The van der Waals surface area contributed by atoms with Gasteiger partial charge in [-0.15, -0.1) is 0 Å². The number of benzene rings is 1. The van der Waals surface area contributed by atoms with Crippen molar-refractivity contribution in [1.29, 1.82) is 0 Å². The first-order valence-electron chi connectivity index (χ1n) is 6.69. The van der Waals surface area contributed by atoms with Crippen LogP contribution < -0.4 is 14.8 Å². The smallest absolute Gasteiger partial charge is 0.231 e. The van der Waals surface area contributed by atoms with Gasteiger partial charge in [-0.2, -0.15) is 0 Å². The molecule has 2 aliphatic rings. The van der Waals surface area contributed by atoms with E-state index >= 15 is 0 Å². The van der Waals surface area contributed by atoms with E-state index in [-0.39, 0.29) is 12.9 Å². The second-order valence-corrected chi connectivity index (χ2v) is 5.28. The van der Waals surface area contributed by atoms with Crippen LogP contribution in [0.4, 0.5) is 0 Å². The number of aliphatic hydroxyl groups excluding tert-OH is 2. The second-order valence-electron chi connectivity index (χ2n) is 5.28. The minimum atomic E-state index is -0.556. The van der Waals surface area contributed by atoms with Crippen molar-refractivity contribution < 1.29 is 19.7 Å². The monoisotopic (exact) mass is 265 g/mol. The molecule has 1 heterocycles. The lowest BCUT2D eigenvalue weighted by Gasteiger charge is -2.31. The van der Waals surface area contributed by atoms with E-state index in [0.717, 1.165) is 30.7 Å². The van der Waals surface area contributed by atoms with E-state index in [9.17, 15) is 10.2 Å². The van der Waals surface area contributed by atoms with Gasteiger partial charge in [0.25, 0.3) is 0 Å². The Morgan fingerprint density at radius 3 is 2.84 bits per heavy atom. The van der Waals surface area contributed by atoms with Gasteiger partial charge in [-0.05, 0) is 43.0 Å². The molecule has 1 aromatic rings. The summed E-state index contributed by atoms with van der Waals surface area (Å²) in [5, 5.41) is 22.5. The molecule has 1 aliphatic heterocycles. The zero-order valence-corrected chi connectivity index (χ0v) is 10.7. The van der Waals surface area contributed by atoms with Crippen LogP contribution in [0.1, 0.15) is 24.5 Å². The first-order valence-corrected chi connectivity index (χ1v) is 6.69. The van der Waals surface area contributed by atoms with E-state index in [1.54, 1.807) is 0 Å². The maximum Gasteiger partial charge on any atom is 0.231 e. The first kappa shape index (κ1) is 12.7. The molecule has 0 bridgehead atoms. The molecule has 0 amide bonds. The van der Waals surface area contributed by atoms with Crippen LogP contribution in [0.2, 0.25) is 0 Å². The summed E-state index contributed by atoms with van der Waals surface area (Å²) in [6.07, 6.45) is 1.06. The van der Waals surface area contributed by atoms with Gasteiger partial charge in [0.1, 0.15) is 0 Å². The molecular formula is C14H19NO4. The van der Waals surface area contributed by atoms with E-state index in [2.05, 4.69) is 5.32 Å². The highest BCUT2D eigenvalue weighted by atomic mass is 16.7. The number of rotatable bonds is 5. The lowest BCUT2D eigenvalue weighted by Crippen LogP contribution is -2.37. The fourth-order valence-electron chi connectivity index (χ4n) is 2.53. The van der Waals surface area contributed by atoms with Gasteiger partial charge >= 0.3 is 0 Å². The Morgan fingerprint density at radius 1 is 1.26 bits per heavy atom. The predicted octanol–water partition coefficient (Wildman–Crippen LogP) is 0.809. The number of aliphatic hydroxyl groups is 2. The van der Waals surface area contributed by atoms with Gasteiger partial charge in [-0.1, -0.05) is 6.07 Å². The molecule has 5 heteroatoms. The number of ether oxygens (including phenoxy) is 2. The molecule has 1 saturated carbocycles. The van der Waals surface area contributed by atoms with Crippen molar-refractivity contribution in [3.8, 4) is 11.5 Å². The Kier molecular flexibility index (Phi) is 3.59. The Hall–Kier alpha value is -1.30. The molecular weight excluding hydrogens is 246 g/mol. The van der Waals surface area contributed by atoms with Crippen molar-refractivity contribution in [2.24, 2.45) is 5.92 Å². The fourth-order valence-corrected chi connectivity index (χ4v) is 2.53. The Bertz CT molecular complexity index is 445. The molecule has 0 spiro atoms. The normalized spacial score (nSPS) is 26.0. The molecule has 5 nitrogen and oxygen atoms in total. The molecule has 3 N–H and O–H groups in total. The van der Waals surface area contributed by atoms with Crippen molar-refractivity contribution in [3.63, 3.8) is 0 Å². The standard InChI is InChI=1S/C14H19NO4/c16-11-3-9(4-11)6-15-7-12(17)10-1-2-13-14(5-10)19-8-18-13/h1-2,5,9,11-12,15-17H,3-4,6-8H2. The van der Waals surface area contributed by atoms with Gasteiger partial charge in [0, 0.05) is 6.54 Å². The topological polar surface area (TPSA) is 71.0 Å². The Labute approximate surface area is 112 Å². The molecule has 0 saturated heterocycles. The molecule has 0 aromatic heterocycles. The van der Waals surface area contributed by atoms with E-state index in [0.29, 0.717) is 18.2 Å².